The van der Waals surface area contributed by atoms with Gasteiger partial charge in [-0.2, -0.15) is 0 Å². The maximum Gasteiger partial charge on any atom is 0.0362 e. The van der Waals surface area contributed by atoms with Crippen LogP contribution in [0, 0.1) is 0 Å². The van der Waals surface area contributed by atoms with Gasteiger partial charge < -0.3 is 3.11 Å². The second-order valence-corrected chi connectivity index (χ2v) is 5.94. The Morgan fingerprint density at radius 3 is 3.36 bits per heavy atom. The first-order valence-electron chi connectivity index (χ1n) is 3.32. The molecule has 0 atom stereocenters. The van der Waals surface area contributed by atoms with Crippen LogP contribution in [-0.2, 0) is 0 Å². The van der Waals surface area contributed by atoms with Gasteiger partial charge >= 0.3 is 0 Å². The molecule has 0 aliphatic carbocycles. The Kier molecular flexibility index (Phi) is 2.09. The fourth-order valence-electron chi connectivity index (χ4n) is 0.889. The van der Waals surface area contributed by atoms with Gasteiger partial charge in [0.2, 0.25) is 0 Å². The highest BCUT2D eigenvalue weighted by Gasteiger charge is 2.00. The van der Waals surface area contributed by atoms with Crippen molar-refractivity contribution in [1.82, 2.24) is 3.11 Å². The third-order valence-electron chi connectivity index (χ3n) is 1.48. The molecule has 0 spiro atoms. The molecule has 0 fully saturated rings. The molecule has 0 saturated heterocycles. The zero-order chi connectivity index (χ0) is 7.68. The van der Waals surface area contributed by atoms with Crippen LogP contribution in [-0.4, -0.2) is 14.2 Å². The van der Waals surface area contributed by atoms with Crippen molar-refractivity contribution in [1.29, 1.82) is 0 Å². The molecule has 3 heteroatoms. The lowest BCUT2D eigenvalue weighted by Gasteiger charge is -2.01. The fourth-order valence-corrected chi connectivity index (χ4v) is 3.49. The Labute approximate surface area is 80.4 Å². The Balaban J connectivity index is 2.48. The van der Waals surface area contributed by atoms with Crippen molar-refractivity contribution in [3.63, 3.8) is 0 Å². The van der Waals surface area contributed by atoms with E-state index in [2.05, 4.69) is 37.9 Å². The van der Waals surface area contributed by atoms with Crippen molar-refractivity contribution < 1.29 is 0 Å². The van der Waals surface area contributed by atoms with E-state index in [-0.39, 0.29) is 21.0 Å². The van der Waals surface area contributed by atoms with Gasteiger partial charge in [0.05, 0.1) is 0 Å². The van der Waals surface area contributed by atoms with Crippen LogP contribution in [0.4, 0.5) is 0 Å². The molecule has 0 bridgehead atoms. The minimum absolute atomic E-state index is 0.0898. The zero-order valence-corrected chi connectivity index (χ0v) is 9.09. The fraction of sp³-hybridized carbons (Fsp3) is 0.125. The van der Waals surface area contributed by atoms with Crippen LogP contribution in [0.1, 0.15) is 10.4 Å². The van der Waals surface area contributed by atoms with E-state index in [1.165, 1.54) is 10.4 Å². The van der Waals surface area contributed by atoms with Gasteiger partial charge in [-0.25, -0.2) is 0 Å². The summed E-state index contributed by atoms with van der Waals surface area (Å²) in [5.74, 6) is 0. The van der Waals surface area contributed by atoms with E-state index in [0.29, 0.717) is 0 Å². The van der Waals surface area contributed by atoms with Crippen molar-refractivity contribution in [2.24, 2.45) is 0 Å². The molecule has 0 saturated carbocycles. The summed E-state index contributed by atoms with van der Waals surface area (Å²) in [6.07, 6.45) is 4.37. The van der Waals surface area contributed by atoms with E-state index < -0.39 is 0 Å². The number of fused-ring (bicyclic) bond motifs is 1. The normalized spacial score (nSPS) is 15.5. The molecule has 1 nitrogen and oxygen atoms in total. The first-order valence-corrected chi connectivity index (χ1v) is 6.41. The van der Waals surface area contributed by atoms with E-state index in [0.717, 1.165) is 0 Å². The molecule has 58 valence electrons. The summed E-state index contributed by atoms with van der Waals surface area (Å²) in [5.41, 5.74) is 1.42. The molecule has 2 rings (SSSR count). The van der Waals surface area contributed by atoms with Crippen molar-refractivity contribution in [3.05, 3.63) is 28.1 Å². The van der Waals surface area contributed by atoms with E-state index in [9.17, 15) is 0 Å². The second kappa shape index (κ2) is 3.06. The molecule has 2 heterocycles. The van der Waals surface area contributed by atoms with Gasteiger partial charge in [-0.1, -0.05) is 0 Å². The van der Waals surface area contributed by atoms with Gasteiger partial charge in [-0.05, 0) is 48.1 Å². The van der Waals surface area contributed by atoms with E-state index in [1.807, 2.05) is 11.3 Å². The molecule has 0 unspecified atom stereocenters. The number of rotatable bonds is 0. The lowest BCUT2D eigenvalue weighted by molar-refractivity contribution is 0.841. The monoisotopic (exact) mass is 277 g/mol. The second-order valence-electron chi connectivity index (χ2n) is 2.29. The van der Waals surface area contributed by atoms with Crippen molar-refractivity contribution in [2.45, 2.75) is 0 Å². The standard InChI is InChI=1S/C8H8INS/c1-10-4-2-8-7(6-9-10)3-5-11-8/h2-6H,1H3. The average Bonchev–Trinajstić information content (AvgIpc) is 2.38. The Hall–Kier alpha value is -0.160. The predicted octanol–water partition coefficient (Wildman–Crippen LogP) is 2.70. The van der Waals surface area contributed by atoms with Crippen LogP contribution in [0.25, 0.3) is 6.08 Å². The molecule has 0 aromatic carbocycles. The lowest BCUT2D eigenvalue weighted by Crippen LogP contribution is -1.90. The third-order valence-corrected chi connectivity index (χ3v) is 4.53. The minimum atomic E-state index is 0.0898. The smallest absolute Gasteiger partial charge is 0.0362 e. The van der Waals surface area contributed by atoms with Crippen LogP contribution >= 0.6 is 32.3 Å². The largest absolute Gasteiger partial charge is 0.330 e. The predicted molar refractivity (Wildman–Crippen MR) is 60.3 cm³/mol. The maximum absolute atomic E-state index is 2.37. The number of halogens is 1. The summed E-state index contributed by atoms with van der Waals surface area (Å²) in [5, 5.41) is 2.15. The lowest BCUT2D eigenvalue weighted by atomic mass is 10.3. The topological polar surface area (TPSA) is 3.24 Å². The summed E-state index contributed by atoms with van der Waals surface area (Å²) in [6.45, 7) is 0. The Morgan fingerprint density at radius 1 is 1.55 bits per heavy atom. The van der Waals surface area contributed by atoms with E-state index >= 15 is 0 Å². The molecule has 1 aromatic rings. The van der Waals surface area contributed by atoms with Gasteiger partial charge in [0.15, 0.2) is 0 Å². The van der Waals surface area contributed by atoms with Crippen LogP contribution in [0.15, 0.2) is 17.6 Å². The molecule has 11 heavy (non-hydrogen) atoms. The first kappa shape index (κ1) is 7.49. The molecular weight excluding hydrogens is 269 g/mol. The molecule has 1 aliphatic heterocycles. The van der Waals surface area contributed by atoms with Gasteiger partial charge in [-0.3, -0.25) is 0 Å². The van der Waals surface area contributed by atoms with Gasteiger partial charge in [0.25, 0.3) is 0 Å². The Morgan fingerprint density at radius 2 is 2.45 bits per heavy atom. The first-order chi connectivity index (χ1) is 5.36. The maximum atomic E-state index is 2.37. The van der Waals surface area contributed by atoms with Crippen molar-refractivity contribution >= 4 is 42.4 Å². The quantitative estimate of drug-likeness (QED) is 0.520. The molecule has 1 aromatic heterocycles. The van der Waals surface area contributed by atoms with Crippen LogP contribution in [0.3, 0.4) is 0 Å². The molecule has 1 aliphatic rings. The van der Waals surface area contributed by atoms with E-state index in [1.54, 1.807) is 0 Å². The highest BCUT2D eigenvalue weighted by Crippen LogP contribution is 2.22. The van der Waals surface area contributed by atoms with Crippen LogP contribution in [0.2, 0.25) is 0 Å². The van der Waals surface area contributed by atoms with Crippen molar-refractivity contribution in [2.75, 3.05) is 7.05 Å². The molecular formula is C8H8INS. The van der Waals surface area contributed by atoms with Gasteiger partial charge in [0.1, 0.15) is 0 Å². The van der Waals surface area contributed by atoms with Gasteiger partial charge in [0, 0.05) is 18.1 Å². The summed E-state index contributed by atoms with van der Waals surface area (Å²) in [6, 6.07) is 2.20. The summed E-state index contributed by atoms with van der Waals surface area (Å²) in [7, 11) is 2.14. The molecule has 0 radical (unpaired) electrons. The number of thiophene rings is 1. The Bertz CT molecular complexity index is 285. The van der Waals surface area contributed by atoms with Crippen LogP contribution < -0.4 is 0 Å². The average molecular weight is 277 g/mol. The minimum Gasteiger partial charge on any atom is -0.330 e. The highest BCUT2D eigenvalue weighted by atomic mass is 127. The van der Waals surface area contributed by atoms with E-state index in [4.69, 9.17) is 0 Å². The third kappa shape index (κ3) is 1.54. The number of hydrogen-bond donors (Lipinski definition) is 0. The molecule has 0 N–H and O–H groups in total. The SMILES string of the molecule is CN1C=Cc2sccc2C=I1. The van der Waals surface area contributed by atoms with Gasteiger partial charge in [-0.15, -0.1) is 11.3 Å². The molecule has 0 amide bonds. The number of hydrogen-bond acceptors (Lipinski definition) is 2. The van der Waals surface area contributed by atoms with Crippen LogP contribution in [0.5, 0.6) is 0 Å². The summed E-state index contributed by atoms with van der Waals surface area (Å²) < 4.78 is 4.65. The zero-order valence-electron chi connectivity index (χ0n) is 6.12. The summed E-state index contributed by atoms with van der Waals surface area (Å²) >= 11 is 1.90. The number of nitrogens with zero attached hydrogens (tertiary/aromatic N) is 1. The van der Waals surface area contributed by atoms with Crippen molar-refractivity contribution in [3.8, 4) is 0 Å². The summed E-state index contributed by atoms with van der Waals surface area (Å²) in [4.78, 5) is 1.40. The highest BCUT2D eigenvalue weighted by molar-refractivity contribution is 14.2.